The molecule has 0 aliphatic carbocycles. The fourth-order valence-electron chi connectivity index (χ4n) is 2.69. The van der Waals surface area contributed by atoms with E-state index in [2.05, 4.69) is 33.9 Å². The highest BCUT2D eigenvalue weighted by molar-refractivity contribution is 7.99. The van der Waals surface area contributed by atoms with Crippen molar-refractivity contribution in [2.45, 2.75) is 38.4 Å². The van der Waals surface area contributed by atoms with Gasteiger partial charge in [0.15, 0.2) is 11.0 Å². The van der Waals surface area contributed by atoms with Crippen LogP contribution in [-0.4, -0.2) is 26.4 Å². The van der Waals surface area contributed by atoms with Gasteiger partial charge in [-0.25, -0.2) is 0 Å². The van der Waals surface area contributed by atoms with Crippen molar-refractivity contribution in [2.24, 2.45) is 0 Å². The van der Waals surface area contributed by atoms with Crippen molar-refractivity contribution in [1.29, 1.82) is 0 Å². The summed E-state index contributed by atoms with van der Waals surface area (Å²) in [6.45, 7) is 4.94. The summed E-state index contributed by atoms with van der Waals surface area (Å²) in [6, 6.07) is 7.27. The van der Waals surface area contributed by atoms with Crippen molar-refractivity contribution >= 4 is 57.9 Å². The molecule has 9 heteroatoms. The van der Waals surface area contributed by atoms with E-state index in [1.807, 2.05) is 11.5 Å². The van der Waals surface area contributed by atoms with Crippen LogP contribution in [0.15, 0.2) is 34.8 Å². The SMILES string of the molecule is CCCc1cc(-c2nnc(SCC(=O)Nc3c(Cl)cccc3Cl)n2CC)cs1. The summed E-state index contributed by atoms with van der Waals surface area (Å²) in [5.74, 6) is 0.816. The van der Waals surface area contributed by atoms with Gasteiger partial charge in [0.05, 0.1) is 21.5 Å². The molecule has 2 heterocycles. The van der Waals surface area contributed by atoms with Crippen molar-refractivity contribution < 1.29 is 4.79 Å². The summed E-state index contributed by atoms with van der Waals surface area (Å²) in [4.78, 5) is 13.7. The van der Waals surface area contributed by atoms with Gasteiger partial charge in [-0.05, 0) is 31.5 Å². The summed E-state index contributed by atoms with van der Waals surface area (Å²) >= 11 is 15.3. The van der Waals surface area contributed by atoms with E-state index >= 15 is 0 Å². The average molecular weight is 455 g/mol. The van der Waals surface area contributed by atoms with E-state index < -0.39 is 0 Å². The van der Waals surface area contributed by atoms with Gasteiger partial charge < -0.3 is 9.88 Å². The van der Waals surface area contributed by atoms with Crippen molar-refractivity contribution in [3.8, 4) is 11.4 Å². The highest BCUT2D eigenvalue weighted by atomic mass is 35.5. The molecule has 0 aliphatic heterocycles. The van der Waals surface area contributed by atoms with Crippen LogP contribution in [0.2, 0.25) is 10.0 Å². The lowest BCUT2D eigenvalue weighted by molar-refractivity contribution is -0.113. The highest BCUT2D eigenvalue weighted by Gasteiger charge is 2.16. The number of thiophene rings is 1. The van der Waals surface area contributed by atoms with Gasteiger partial charge in [0, 0.05) is 22.4 Å². The molecule has 1 N–H and O–H groups in total. The maximum atomic E-state index is 12.3. The minimum atomic E-state index is -0.201. The van der Waals surface area contributed by atoms with Gasteiger partial charge in [-0.2, -0.15) is 0 Å². The van der Waals surface area contributed by atoms with Crippen LogP contribution in [0.4, 0.5) is 5.69 Å². The third-order valence-corrected chi connectivity index (χ3v) is 6.59. The van der Waals surface area contributed by atoms with Gasteiger partial charge in [0.25, 0.3) is 0 Å². The van der Waals surface area contributed by atoms with Crippen LogP contribution in [0.25, 0.3) is 11.4 Å². The quantitative estimate of drug-likeness (QED) is 0.422. The standard InChI is InChI=1S/C19H20Cl2N4OS2/c1-3-6-13-9-12(10-27-13)18-23-24-19(25(18)4-2)28-11-16(26)22-17-14(20)7-5-8-15(17)21/h5,7-10H,3-4,6,11H2,1-2H3,(H,22,26). The maximum absolute atomic E-state index is 12.3. The van der Waals surface area contributed by atoms with E-state index in [4.69, 9.17) is 23.2 Å². The molecule has 0 radical (unpaired) electrons. The largest absolute Gasteiger partial charge is 0.323 e. The minimum absolute atomic E-state index is 0.185. The zero-order valence-electron chi connectivity index (χ0n) is 15.5. The smallest absolute Gasteiger partial charge is 0.234 e. The number of para-hydroxylation sites is 1. The first kappa shape index (κ1) is 21.2. The minimum Gasteiger partial charge on any atom is -0.323 e. The van der Waals surface area contributed by atoms with Gasteiger partial charge in [-0.3, -0.25) is 4.79 Å². The second-order valence-electron chi connectivity index (χ2n) is 6.04. The van der Waals surface area contributed by atoms with E-state index in [9.17, 15) is 4.79 Å². The Morgan fingerprint density at radius 2 is 2.00 bits per heavy atom. The molecular formula is C19H20Cl2N4OS2. The van der Waals surface area contributed by atoms with Crippen LogP contribution in [0.5, 0.6) is 0 Å². The van der Waals surface area contributed by atoms with Crippen molar-refractivity contribution in [3.63, 3.8) is 0 Å². The molecule has 0 unspecified atom stereocenters. The molecule has 148 valence electrons. The van der Waals surface area contributed by atoms with Gasteiger partial charge in [-0.1, -0.05) is 54.4 Å². The Kier molecular flexibility index (Phi) is 7.40. The van der Waals surface area contributed by atoms with Crippen LogP contribution in [0.3, 0.4) is 0 Å². The number of nitrogens with one attached hydrogen (secondary N) is 1. The second-order valence-corrected chi connectivity index (χ2v) is 8.79. The van der Waals surface area contributed by atoms with Gasteiger partial charge in [0.1, 0.15) is 0 Å². The normalized spacial score (nSPS) is 11.0. The Balaban J connectivity index is 1.69. The molecule has 0 atom stereocenters. The predicted molar refractivity (Wildman–Crippen MR) is 119 cm³/mol. The molecule has 0 spiro atoms. The average Bonchev–Trinajstić information content (AvgIpc) is 3.29. The maximum Gasteiger partial charge on any atom is 0.234 e. The van der Waals surface area contributed by atoms with Crippen molar-refractivity contribution in [2.75, 3.05) is 11.1 Å². The predicted octanol–water partition coefficient (Wildman–Crippen LogP) is 6.02. The van der Waals surface area contributed by atoms with Crippen molar-refractivity contribution in [3.05, 3.63) is 44.6 Å². The molecule has 0 saturated heterocycles. The number of aromatic nitrogens is 3. The molecule has 3 aromatic rings. The Morgan fingerprint density at radius 1 is 1.25 bits per heavy atom. The third-order valence-electron chi connectivity index (χ3n) is 4.00. The van der Waals surface area contributed by atoms with Crippen LogP contribution in [0, 0.1) is 0 Å². The number of anilines is 1. The molecule has 0 bridgehead atoms. The van der Waals surface area contributed by atoms with E-state index in [-0.39, 0.29) is 11.7 Å². The lowest BCUT2D eigenvalue weighted by Crippen LogP contribution is -2.15. The number of nitrogens with zero attached hydrogens (tertiary/aromatic N) is 3. The Bertz CT molecular complexity index is 951. The topological polar surface area (TPSA) is 59.8 Å². The number of rotatable bonds is 8. The number of thioether (sulfide) groups is 1. The fourth-order valence-corrected chi connectivity index (χ4v) is 4.96. The lowest BCUT2D eigenvalue weighted by Gasteiger charge is -2.09. The first-order valence-electron chi connectivity index (χ1n) is 8.91. The van der Waals surface area contributed by atoms with Crippen LogP contribution < -0.4 is 5.32 Å². The molecule has 3 rings (SSSR count). The Labute approximate surface area is 182 Å². The number of aryl methyl sites for hydroxylation is 1. The first-order valence-corrected chi connectivity index (χ1v) is 11.5. The monoisotopic (exact) mass is 454 g/mol. The molecule has 28 heavy (non-hydrogen) atoms. The third kappa shape index (κ3) is 4.89. The fraction of sp³-hybridized carbons (Fsp3) is 0.316. The first-order chi connectivity index (χ1) is 13.5. The molecule has 0 saturated carbocycles. The number of amides is 1. The number of halogens is 2. The Morgan fingerprint density at radius 3 is 2.68 bits per heavy atom. The van der Waals surface area contributed by atoms with E-state index in [0.29, 0.717) is 20.9 Å². The van der Waals surface area contributed by atoms with Gasteiger partial charge in [0.2, 0.25) is 5.91 Å². The van der Waals surface area contributed by atoms with E-state index in [1.54, 1.807) is 29.5 Å². The molecule has 5 nitrogen and oxygen atoms in total. The molecular weight excluding hydrogens is 435 g/mol. The summed E-state index contributed by atoms with van der Waals surface area (Å²) in [7, 11) is 0. The van der Waals surface area contributed by atoms with Crippen LogP contribution in [-0.2, 0) is 17.8 Å². The number of benzene rings is 1. The molecule has 1 amide bonds. The number of carbonyl (C=O) groups is 1. The highest BCUT2D eigenvalue weighted by Crippen LogP contribution is 2.31. The summed E-state index contributed by atoms with van der Waals surface area (Å²) in [5, 5.41) is 15.0. The summed E-state index contributed by atoms with van der Waals surface area (Å²) in [6.07, 6.45) is 2.18. The number of carbonyl (C=O) groups excluding carboxylic acids is 1. The summed E-state index contributed by atoms with van der Waals surface area (Å²) in [5.41, 5.74) is 1.50. The summed E-state index contributed by atoms with van der Waals surface area (Å²) < 4.78 is 2.03. The van der Waals surface area contributed by atoms with Gasteiger partial charge in [-0.15, -0.1) is 21.5 Å². The Hall–Kier alpha value is -1.54. The second kappa shape index (κ2) is 9.78. The number of hydrogen-bond acceptors (Lipinski definition) is 5. The zero-order chi connectivity index (χ0) is 20.1. The lowest BCUT2D eigenvalue weighted by atomic mass is 10.2. The van der Waals surface area contributed by atoms with E-state index in [1.165, 1.54) is 16.6 Å². The molecule has 1 aromatic carbocycles. The molecule has 0 fully saturated rings. The van der Waals surface area contributed by atoms with Gasteiger partial charge >= 0.3 is 0 Å². The zero-order valence-corrected chi connectivity index (χ0v) is 18.7. The molecule has 0 aliphatic rings. The number of hydrogen-bond donors (Lipinski definition) is 1. The van der Waals surface area contributed by atoms with E-state index in [0.717, 1.165) is 30.8 Å². The molecule has 2 aromatic heterocycles. The van der Waals surface area contributed by atoms with Crippen LogP contribution in [0.1, 0.15) is 25.1 Å². The van der Waals surface area contributed by atoms with Crippen LogP contribution >= 0.6 is 46.3 Å². The van der Waals surface area contributed by atoms with Crippen molar-refractivity contribution in [1.82, 2.24) is 14.8 Å².